The highest BCUT2D eigenvalue weighted by Crippen LogP contribution is 2.17. The quantitative estimate of drug-likeness (QED) is 0.945. The molecule has 4 nitrogen and oxygen atoms in total. The molecule has 2 aromatic rings. The van der Waals surface area contributed by atoms with Gasteiger partial charge in [0.1, 0.15) is 5.76 Å². The molecule has 0 unspecified atom stereocenters. The highest BCUT2D eigenvalue weighted by molar-refractivity contribution is 9.10. The minimum Gasteiger partial charge on any atom is -0.444 e. The van der Waals surface area contributed by atoms with Gasteiger partial charge in [-0.1, -0.05) is 0 Å². The molecule has 0 radical (unpaired) electrons. The Balaban J connectivity index is 2.07. The van der Waals surface area contributed by atoms with Crippen molar-refractivity contribution in [2.24, 2.45) is 0 Å². The fraction of sp³-hybridized carbons (Fsp3) is 0.273. The number of halogens is 2. The first kappa shape index (κ1) is 12.0. The van der Waals surface area contributed by atoms with Crippen LogP contribution < -0.4 is 5.32 Å². The van der Waals surface area contributed by atoms with Crippen molar-refractivity contribution in [2.75, 3.05) is 5.32 Å². The smallest absolute Gasteiger partial charge is 0.213 e. The van der Waals surface area contributed by atoms with Crippen LogP contribution in [0.1, 0.15) is 17.3 Å². The van der Waals surface area contributed by atoms with Gasteiger partial charge in [0.15, 0.2) is 11.6 Å². The van der Waals surface area contributed by atoms with E-state index in [9.17, 15) is 4.39 Å². The Morgan fingerprint density at radius 2 is 2.24 bits per heavy atom. The maximum Gasteiger partial charge on any atom is 0.213 e. The van der Waals surface area contributed by atoms with E-state index >= 15 is 0 Å². The van der Waals surface area contributed by atoms with Crippen LogP contribution >= 0.6 is 15.9 Å². The van der Waals surface area contributed by atoms with Gasteiger partial charge in [0, 0.05) is 10.7 Å². The van der Waals surface area contributed by atoms with Gasteiger partial charge in [-0.2, -0.15) is 0 Å². The Hall–Kier alpha value is -1.43. The Bertz CT molecular complexity index is 522. The zero-order valence-corrected chi connectivity index (χ0v) is 11.0. The van der Waals surface area contributed by atoms with Crippen LogP contribution in [0.4, 0.5) is 10.2 Å². The molecule has 6 heteroatoms. The summed E-state index contributed by atoms with van der Waals surface area (Å²) < 4.78 is 19.4. The molecule has 0 saturated carbocycles. The zero-order chi connectivity index (χ0) is 12.4. The first-order valence-corrected chi connectivity index (χ1v) is 5.83. The lowest BCUT2D eigenvalue weighted by molar-refractivity contribution is 0.477. The van der Waals surface area contributed by atoms with Gasteiger partial charge < -0.3 is 9.73 Å². The number of nitrogens with zero attached hydrogens (tertiary/aromatic N) is 2. The van der Waals surface area contributed by atoms with Crippen LogP contribution in [0.25, 0.3) is 0 Å². The molecule has 0 aromatic carbocycles. The molecule has 0 amide bonds. The van der Waals surface area contributed by atoms with Crippen molar-refractivity contribution in [3.05, 3.63) is 39.9 Å². The monoisotopic (exact) mass is 299 g/mol. The molecule has 0 bridgehead atoms. The Labute approximate surface area is 106 Å². The molecule has 17 heavy (non-hydrogen) atoms. The van der Waals surface area contributed by atoms with Gasteiger partial charge in [-0.05, 0) is 35.8 Å². The van der Waals surface area contributed by atoms with E-state index in [0.29, 0.717) is 16.9 Å². The SMILES string of the molecule is Cc1nc(CNc2ncc(Br)cc2F)oc1C. The second-order valence-corrected chi connectivity index (χ2v) is 4.50. The maximum absolute atomic E-state index is 13.4. The Morgan fingerprint density at radius 1 is 1.47 bits per heavy atom. The summed E-state index contributed by atoms with van der Waals surface area (Å²) in [4.78, 5) is 8.10. The molecule has 0 atom stereocenters. The zero-order valence-electron chi connectivity index (χ0n) is 9.42. The van der Waals surface area contributed by atoms with Gasteiger partial charge in [0.05, 0.1) is 12.2 Å². The van der Waals surface area contributed by atoms with E-state index in [0.717, 1.165) is 11.5 Å². The van der Waals surface area contributed by atoms with Crippen LogP contribution in [0, 0.1) is 19.7 Å². The van der Waals surface area contributed by atoms with Crippen molar-refractivity contribution in [3.63, 3.8) is 0 Å². The van der Waals surface area contributed by atoms with Gasteiger partial charge in [-0.25, -0.2) is 14.4 Å². The normalized spacial score (nSPS) is 10.6. The Kier molecular flexibility index (Phi) is 3.42. The van der Waals surface area contributed by atoms with Crippen molar-refractivity contribution in [2.45, 2.75) is 20.4 Å². The molecule has 0 fully saturated rings. The third kappa shape index (κ3) is 2.82. The lowest BCUT2D eigenvalue weighted by Crippen LogP contribution is -2.03. The molecule has 0 aliphatic carbocycles. The van der Waals surface area contributed by atoms with Crippen LogP contribution in [-0.2, 0) is 6.54 Å². The molecular formula is C11H11BrFN3O. The number of hydrogen-bond donors (Lipinski definition) is 1. The second kappa shape index (κ2) is 4.83. The molecule has 2 rings (SSSR count). The van der Waals surface area contributed by atoms with Crippen LogP contribution in [0.5, 0.6) is 0 Å². The van der Waals surface area contributed by atoms with Crippen LogP contribution in [0.3, 0.4) is 0 Å². The van der Waals surface area contributed by atoms with Gasteiger partial charge >= 0.3 is 0 Å². The molecule has 2 aromatic heterocycles. The number of oxazole rings is 1. The van der Waals surface area contributed by atoms with Crippen molar-refractivity contribution in [1.82, 2.24) is 9.97 Å². The minimum absolute atomic E-state index is 0.182. The van der Waals surface area contributed by atoms with Crippen molar-refractivity contribution >= 4 is 21.7 Å². The summed E-state index contributed by atoms with van der Waals surface area (Å²) in [6.07, 6.45) is 1.53. The first-order valence-electron chi connectivity index (χ1n) is 5.04. The standard InChI is InChI=1S/C11H11BrFN3O/c1-6-7(2)17-10(16-6)5-15-11-9(13)3-8(12)4-14-11/h3-4H,5H2,1-2H3,(H,14,15). The predicted octanol–water partition coefficient (Wildman–Crippen LogP) is 3.20. The van der Waals surface area contributed by atoms with E-state index in [1.54, 1.807) is 0 Å². The Morgan fingerprint density at radius 3 is 2.82 bits per heavy atom. The lowest BCUT2D eigenvalue weighted by Gasteiger charge is -2.03. The van der Waals surface area contributed by atoms with Crippen LogP contribution in [-0.4, -0.2) is 9.97 Å². The summed E-state index contributed by atoms with van der Waals surface area (Å²) in [7, 11) is 0. The molecular weight excluding hydrogens is 289 g/mol. The van der Waals surface area contributed by atoms with Crippen molar-refractivity contribution < 1.29 is 8.81 Å². The molecule has 0 spiro atoms. The number of anilines is 1. The third-order valence-electron chi connectivity index (χ3n) is 2.29. The van der Waals surface area contributed by atoms with Gasteiger partial charge in [-0.15, -0.1) is 0 Å². The summed E-state index contributed by atoms with van der Waals surface area (Å²) in [5, 5.41) is 2.83. The van der Waals surface area contributed by atoms with E-state index in [2.05, 4.69) is 31.2 Å². The largest absolute Gasteiger partial charge is 0.444 e. The molecule has 2 heterocycles. The summed E-state index contributed by atoms with van der Waals surface area (Å²) >= 11 is 3.14. The molecule has 90 valence electrons. The lowest BCUT2D eigenvalue weighted by atomic mass is 10.4. The predicted molar refractivity (Wildman–Crippen MR) is 65.2 cm³/mol. The molecule has 0 saturated heterocycles. The van der Waals surface area contributed by atoms with Crippen molar-refractivity contribution in [3.8, 4) is 0 Å². The summed E-state index contributed by atoms with van der Waals surface area (Å²) in [5.41, 5.74) is 0.839. The number of nitrogens with one attached hydrogen (secondary N) is 1. The van der Waals surface area contributed by atoms with Gasteiger partial charge in [0.2, 0.25) is 5.89 Å². The first-order chi connectivity index (χ1) is 8.06. The van der Waals surface area contributed by atoms with E-state index < -0.39 is 5.82 Å². The second-order valence-electron chi connectivity index (χ2n) is 3.59. The van der Waals surface area contributed by atoms with E-state index in [1.807, 2.05) is 13.8 Å². The third-order valence-corrected chi connectivity index (χ3v) is 2.72. The highest BCUT2D eigenvalue weighted by atomic mass is 79.9. The summed E-state index contributed by atoms with van der Waals surface area (Å²) in [5.74, 6) is 1.05. The maximum atomic E-state index is 13.4. The molecule has 0 aliphatic rings. The average molecular weight is 300 g/mol. The topological polar surface area (TPSA) is 51.0 Å². The average Bonchev–Trinajstić information content (AvgIpc) is 2.57. The highest BCUT2D eigenvalue weighted by Gasteiger charge is 2.08. The fourth-order valence-electron chi connectivity index (χ4n) is 1.32. The van der Waals surface area contributed by atoms with Crippen LogP contribution in [0.2, 0.25) is 0 Å². The number of hydrogen-bond acceptors (Lipinski definition) is 4. The van der Waals surface area contributed by atoms with E-state index in [4.69, 9.17) is 4.42 Å². The van der Waals surface area contributed by atoms with Gasteiger partial charge in [-0.3, -0.25) is 0 Å². The van der Waals surface area contributed by atoms with Crippen molar-refractivity contribution in [1.29, 1.82) is 0 Å². The number of pyridine rings is 1. The number of aryl methyl sites for hydroxylation is 2. The number of aromatic nitrogens is 2. The summed E-state index contributed by atoms with van der Waals surface area (Å²) in [6, 6.07) is 1.35. The fourth-order valence-corrected chi connectivity index (χ4v) is 1.62. The van der Waals surface area contributed by atoms with Crippen LogP contribution in [0.15, 0.2) is 21.2 Å². The number of rotatable bonds is 3. The minimum atomic E-state index is -0.417. The van der Waals surface area contributed by atoms with E-state index in [1.165, 1.54) is 12.3 Å². The molecule has 0 aliphatic heterocycles. The molecule has 1 N–H and O–H groups in total. The van der Waals surface area contributed by atoms with Gasteiger partial charge in [0.25, 0.3) is 0 Å². The van der Waals surface area contributed by atoms with E-state index in [-0.39, 0.29) is 5.82 Å². The summed E-state index contributed by atoms with van der Waals surface area (Å²) in [6.45, 7) is 4.01.